The summed E-state index contributed by atoms with van der Waals surface area (Å²) in [7, 11) is 1.63. The van der Waals surface area contributed by atoms with Gasteiger partial charge in [-0.3, -0.25) is 14.5 Å². The molecule has 0 bridgehead atoms. The topological polar surface area (TPSA) is 70.7 Å². The van der Waals surface area contributed by atoms with E-state index in [0.29, 0.717) is 37.5 Å². The Morgan fingerprint density at radius 1 is 1.16 bits per heavy atom. The number of carbonyl (C=O) groups is 2. The number of hydrogen-bond donors (Lipinski definition) is 2. The number of ether oxygens (including phenoxy) is 1. The Hall–Kier alpha value is -2.44. The fraction of sp³-hybridized carbons (Fsp3) is 0.368. The molecule has 0 saturated heterocycles. The molecule has 0 aliphatic rings. The van der Waals surface area contributed by atoms with Crippen molar-refractivity contribution in [2.75, 3.05) is 45.2 Å². The van der Waals surface area contributed by atoms with Crippen molar-refractivity contribution in [2.24, 2.45) is 0 Å². The number of rotatable bonds is 12. The standard InChI is InChI=1S/C19H27N3O3/c1-4-12-22(13-5-2)15-18(23)21-17-9-7-16(8-10-17)19(24)20-11-6-14-25-3/h4-5,7-10H,1-2,6,11-15H2,3H3,(H,20,24)(H,21,23). The highest BCUT2D eigenvalue weighted by molar-refractivity contribution is 5.96. The van der Waals surface area contributed by atoms with E-state index < -0.39 is 0 Å². The smallest absolute Gasteiger partial charge is 0.251 e. The van der Waals surface area contributed by atoms with Gasteiger partial charge in [0, 0.05) is 44.6 Å². The zero-order valence-electron chi connectivity index (χ0n) is 14.8. The molecular weight excluding hydrogens is 318 g/mol. The summed E-state index contributed by atoms with van der Waals surface area (Å²) in [5.41, 5.74) is 1.20. The molecule has 0 aliphatic carbocycles. The van der Waals surface area contributed by atoms with Gasteiger partial charge in [-0.05, 0) is 30.7 Å². The maximum absolute atomic E-state index is 12.1. The third kappa shape index (κ3) is 8.28. The zero-order chi connectivity index (χ0) is 18.5. The number of nitrogens with one attached hydrogen (secondary N) is 2. The van der Waals surface area contributed by atoms with E-state index >= 15 is 0 Å². The van der Waals surface area contributed by atoms with Crippen LogP contribution in [0.3, 0.4) is 0 Å². The van der Waals surface area contributed by atoms with E-state index in [2.05, 4.69) is 23.8 Å². The number of amides is 2. The average molecular weight is 345 g/mol. The molecule has 0 atom stereocenters. The summed E-state index contributed by atoms with van der Waals surface area (Å²) in [6.45, 7) is 10.0. The molecule has 0 aliphatic heterocycles. The van der Waals surface area contributed by atoms with Crippen molar-refractivity contribution in [3.05, 3.63) is 55.1 Å². The first-order valence-electron chi connectivity index (χ1n) is 8.22. The van der Waals surface area contributed by atoms with Crippen LogP contribution in [-0.2, 0) is 9.53 Å². The van der Waals surface area contributed by atoms with E-state index in [9.17, 15) is 9.59 Å². The molecule has 6 nitrogen and oxygen atoms in total. The van der Waals surface area contributed by atoms with Crippen LogP contribution in [0.1, 0.15) is 16.8 Å². The summed E-state index contributed by atoms with van der Waals surface area (Å²) in [6.07, 6.45) is 4.26. The normalized spacial score (nSPS) is 10.3. The molecule has 1 aromatic carbocycles. The molecule has 2 amide bonds. The molecule has 0 fully saturated rings. The highest BCUT2D eigenvalue weighted by Crippen LogP contribution is 2.09. The molecular formula is C19H27N3O3. The van der Waals surface area contributed by atoms with Gasteiger partial charge >= 0.3 is 0 Å². The largest absolute Gasteiger partial charge is 0.385 e. The third-order valence-corrected chi connectivity index (χ3v) is 3.38. The van der Waals surface area contributed by atoms with Crippen LogP contribution in [-0.4, -0.2) is 56.6 Å². The minimum absolute atomic E-state index is 0.125. The molecule has 0 heterocycles. The third-order valence-electron chi connectivity index (χ3n) is 3.38. The average Bonchev–Trinajstić information content (AvgIpc) is 2.59. The van der Waals surface area contributed by atoms with Crippen molar-refractivity contribution >= 4 is 17.5 Å². The molecule has 6 heteroatoms. The predicted molar refractivity (Wildman–Crippen MR) is 101 cm³/mol. The van der Waals surface area contributed by atoms with E-state index in [0.717, 1.165) is 6.42 Å². The van der Waals surface area contributed by atoms with E-state index in [-0.39, 0.29) is 18.4 Å². The van der Waals surface area contributed by atoms with Crippen LogP contribution in [0.2, 0.25) is 0 Å². The summed E-state index contributed by atoms with van der Waals surface area (Å²) in [6, 6.07) is 6.81. The molecule has 136 valence electrons. The Balaban J connectivity index is 2.49. The van der Waals surface area contributed by atoms with E-state index in [1.165, 1.54) is 0 Å². The summed E-state index contributed by atoms with van der Waals surface area (Å²) in [5.74, 6) is -0.266. The lowest BCUT2D eigenvalue weighted by molar-refractivity contribution is -0.117. The van der Waals surface area contributed by atoms with Gasteiger partial charge in [0.1, 0.15) is 0 Å². The van der Waals surface area contributed by atoms with Gasteiger partial charge in [-0.2, -0.15) is 0 Å². The number of hydrogen-bond acceptors (Lipinski definition) is 4. The first kappa shape index (κ1) is 20.6. The Morgan fingerprint density at radius 2 is 1.80 bits per heavy atom. The van der Waals surface area contributed by atoms with Crippen LogP contribution in [0.5, 0.6) is 0 Å². The van der Waals surface area contributed by atoms with Gasteiger partial charge in [-0.1, -0.05) is 12.2 Å². The Morgan fingerprint density at radius 3 is 2.36 bits per heavy atom. The van der Waals surface area contributed by atoms with Gasteiger partial charge in [0.05, 0.1) is 6.54 Å². The Kier molecular flexibility index (Phi) is 9.89. The quantitative estimate of drug-likeness (QED) is 0.449. The van der Waals surface area contributed by atoms with Crippen molar-refractivity contribution in [3.63, 3.8) is 0 Å². The van der Waals surface area contributed by atoms with Gasteiger partial charge in [0.25, 0.3) is 5.91 Å². The van der Waals surface area contributed by atoms with Crippen molar-refractivity contribution in [1.29, 1.82) is 0 Å². The van der Waals surface area contributed by atoms with E-state index in [1.54, 1.807) is 43.5 Å². The number of nitrogens with zero attached hydrogens (tertiary/aromatic N) is 1. The molecule has 25 heavy (non-hydrogen) atoms. The van der Waals surface area contributed by atoms with Crippen molar-refractivity contribution in [2.45, 2.75) is 6.42 Å². The van der Waals surface area contributed by atoms with E-state index in [1.807, 2.05) is 4.90 Å². The molecule has 0 spiro atoms. The summed E-state index contributed by atoms with van der Waals surface area (Å²) < 4.78 is 4.93. The van der Waals surface area contributed by atoms with Crippen LogP contribution >= 0.6 is 0 Å². The molecule has 0 aromatic heterocycles. The highest BCUT2D eigenvalue weighted by Gasteiger charge is 2.09. The van der Waals surface area contributed by atoms with Gasteiger partial charge in [0.2, 0.25) is 5.91 Å². The van der Waals surface area contributed by atoms with Crippen LogP contribution < -0.4 is 10.6 Å². The summed E-state index contributed by atoms with van der Waals surface area (Å²) in [4.78, 5) is 26.0. The van der Waals surface area contributed by atoms with Gasteiger partial charge in [0.15, 0.2) is 0 Å². The van der Waals surface area contributed by atoms with Crippen LogP contribution in [0.4, 0.5) is 5.69 Å². The Bertz CT molecular complexity index is 560. The molecule has 1 aromatic rings. The van der Waals surface area contributed by atoms with Crippen LogP contribution in [0.25, 0.3) is 0 Å². The van der Waals surface area contributed by atoms with Gasteiger partial charge in [-0.25, -0.2) is 0 Å². The lowest BCUT2D eigenvalue weighted by atomic mass is 10.2. The first-order chi connectivity index (χ1) is 12.1. The van der Waals surface area contributed by atoms with Gasteiger partial charge < -0.3 is 15.4 Å². The lowest BCUT2D eigenvalue weighted by Gasteiger charge is -2.18. The van der Waals surface area contributed by atoms with Crippen molar-refractivity contribution in [3.8, 4) is 0 Å². The zero-order valence-corrected chi connectivity index (χ0v) is 14.8. The van der Waals surface area contributed by atoms with Crippen LogP contribution in [0, 0.1) is 0 Å². The number of methoxy groups -OCH3 is 1. The second-order valence-corrected chi connectivity index (χ2v) is 5.50. The predicted octanol–water partition coefficient (Wildman–Crippen LogP) is 2.07. The molecule has 0 radical (unpaired) electrons. The van der Waals surface area contributed by atoms with Crippen LogP contribution in [0.15, 0.2) is 49.6 Å². The minimum atomic E-state index is -0.142. The minimum Gasteiger partial charge on any atom is -0.385 e. The first-order valence-corrected chi connectivity index (χ1v) is 8.22. The SMILES string of the molecule is C=CCN(CC=C)CC(=O)Nc1ccc(C(=O)NCCCOC)cc1. The monoisotopic (exact) mass is 345 g/mol. The molecule has 0 saturated carbocycles. The van der Waals surface area contributed by atoms with Crippen molar-refractivity contribution < 1.29 is 14.3 Å². The second kappa shape index (κ2) is 12.0. The Labute approximate surface area is 149 Å². The second-order valence-electron chi connectivity index (χ2n) is 5.50. The summed E-state index contributed by atoms with van der Waals surface area (Å²) >= 11 is 0. The highest BCUT2D eigenvalue weighted by atomic mass is 16.5. The molecule has 0 unspecified atom stereocenters. The maximum atomic E-state index is 12.1. The lowest BCUT2D eigenvalue weighted by Crippen LogP contribution is -2.33. The number of benzene rings is 1. The maximum Gasteiger partial charge on any atom is 0.251 e. The number of carbonyl (C=O) groups excluding carboxylic acids is 2. The fourth-order valence-corrected chi connectivity index (χ4v) is 2.20. The van der Waals surface area contributed by atoms with Gasteiger partial charge in [-0.15, -0.1) is 13.2 Å². The molecule has 1 rings (SSSR count). The van der Waals surface area contributed by atoms with E-state index in [4.69, 9.17) is 4.74 Å². The number of anilines is 1. The summed E-state index contributed by atoms with van der Waals surface area (Å²) in [5, 5.41) is 5.63. The molecule has 2 N–H and O–H groups in total. The van der Waals surface area contributed by atoms with Crippen molar-refractivity contribution in [1.82, 2.24) is 10.2 Å². The fourth-order valence-electron chi connectivity index (χ4n) is 2.20.